The Bertz CT molecular complexity index is 797. The molecule has 3 rings (SSSR count). The van der Waals surface area contributed by atoms with Crippen LogP contribution in [0.15, 0.2) is 60.7 Å². The van der Waals surface area contributed by atoms with Gasteiger partial charge in [0.15, 0.2) is 11.2 Å². The van der Waals surface area contributed by atoms with Gasteiger partial charge in [-0.3, -0.25) is 9.59 Å². The maximum absolute atomic E-state index is 13.1. The van der Waals surface area contributed by atoms with Crippen molar-refractivity contribution in [3.8, 4) is 0 Å². The smallest absolute Gasteiger partial charge is 0.200 e. The summed E-state index contributed by atoms with van der Waals surface area (Å²) in [4.78, 5) is 26.1. The molecule has 1 fully saturated rings. The largest absolute Gasteiger partial charge is 0.387 e. The van der Waals surface area contributed by atoms with Crippen LogP contribution in [0, 0.1) is 0 Å². The topological polar surface area (TPSA) is 156 Å². The molecule has 0 heterocycles. The molecule has 1 aliphatic carbocycles. The van der Waals surface area contributed by atoms with Crippen molar-refractivity contribution in [2.75, 3.05) is 0 Å². The predicted octanol–water partition coefficient (Wildman–Crippen LogP) is -1.33. The fourth-order valence-electron chi connectivity index (χ4n) is 3.55. The van der Waals surface area contributed by atoms with Crippen molar-refractivity contribution in [3.05, 3.63) is 71.8 Å². The van der Waals surface area contributed by atoms with Crippen LogP contribution in [0.25, 0.3) is 0 Å². The number of ketones is 2. The Labute approximate surface area is 159 Å². The van der Waals surface area contributed by atoms with E-state index >= 15 is 0 Å². The van der Waals surface area contributed by atoms with Gasteiger partial charge in [0.1, 0.15) is 24.4 Å². The molecule has 8 nitrogen and oxygen atoms in total. The molecule has 0 amide bonds. The third kappa shape index (κ3) is 2.70. The Balaban J connectivity index is 2.22. The fourth-order valence-corrected chi connectivity index (χ4v) is 3.55. The Morgan fingerprint density at radius 1 is 0.607 bits per heavy atom. The Kier molecular flexibility index (Phi) is 5.20. The average molecular weight is 388 g/mol. The van der Waals surface area contributed by atoms with Crippen LogP contribution < -0.4 is 0 Å². The molecule has 0 unspecified atom stereocenters. The van der Waals surface area contributed by atoms with Crippen molar-refractivity contribution in [1.82, 2.24) is 0 Å². The van der Waals surface area contributed by atoms with E-state index < -0.39 is 47.2 Å². The number of rotatable bonds is 4. The molecule has 2 aromatic rings. The highest BCUT2D eigenvalue weighted by molar-refractivity contribution is 6.13. The number of hydrogen-bond donors (Lipinski definition) is 6. The number of aliphatic hydroxyl groups excluding tert-OH is 4. The molecule has 0 saturated heterocycles. The molecule has 0 aromatic heterocycles. The minimum absolute atomic E-state index is 0.181. The molecule has 1 aliphatic rings. The van der Waals surface area contributed by atoms with Crippen LogP contribution in [-0.4, -0.2) is 77.8 Å². The molecule has 0 spiro atoms. The van der Waals surface area contributed by atoms with E-state index in [-0.39, 0.29) is 11.1 Å². The zero-order chi connectivity index (χ0) is 20.7. The van der Waals surface area contributed by atoms with Gasteiger partial charge in [0, 0.05) is 11.1 Å². The van der Waals surface area contributed by atoms with Crippen molar-refractivity contribution in [2.45, 2.75) is 35.6 Å². The first kappa shape index (κ1) is 20.3. The van der Waals surface area contributed by atoms with Crippen LogP contribution in [0.3, 0.4) is 0 Å². The van der Waals surface area contributed by atoms with Crippen LogP contribution in [0.5, 0.6) is 0 Å². The Hall–Kier alpha value is -2.46. The van der Waals surface area contributed by atoms with Crippen LogP contribution >= 0.6 is 0 Å². The number of Topliss-reactive ketones (excluding diaryl/α,β-unsaturated/α-hetero) is 2. The predicted molar refractivity (Wildman–Crippen MR) is 95.5 cm³/mol. The minimum atomic E-state index is -3.33. The van der Waals surface area contributed by atoms with Gasteiger partial charge < -0.3 is 30.6 Å². The van der Waals surface area contributed by atoms with E-state index in [1.165, 1.54) is 48.5 Å². The number of benzene rings is 2. The van der Waals surface area contributed by atoms with Gasteiger partial charge in [0.05, 0.1) is 0 Å². The van der Waals surface area contributed by atoms with Gasteiger partial charge >= 0.3 is 0 Å². The molecular formula is C20H20O8. The maximum atomic E-state index is 13.1. The van der Waals surface area contributed by atoms with E-state index in [4.69, 9.17) is 0 Å². The summed E-state index contributed by atoms with van der Waals surface area (Å²) in [6.07, 6.45) is -9.32. The van der Waals surface area contributed by atoms with Crippen molar-refractivity contribution < 1.29 is 40.2 Å². The van der Waals surface area contributed by atoms with E-state index in [1.807, 2.05) is 0 Å². The van der Waals surface area contributed by atoms with E-state index in [1.54, 1.807) is 12.1 Å². The fraction of sp³-hybridized carbons (Fsp3) is 0.300. The van der Waals surface area contributed by atoms with Gasteiger partial charge in [-0.2, -0.15) is 0 Å². The van der Waals surface area contributed by atoms with E-state index in [0.717, 1.165) is 0 Å². The van der Waals surface area contributed by atoms with E-state index in [0.29, 0.717) is 0 Å². The van der Waals surface area contributed by atoms with Gasteiger partial charge in [0.2, 0.25) is 11.6 Å². The summed E-state index contributed by atoms with van der Waals surface area (Å²) in [5, 5.41) is 63.3. The van der Waals surface area contributed by atoms with Crippen molar-refractivity contribution in [2.24, 2.45) is 0 Å². The summed E-state index contributed by atoms with van der Waals surface area (Å²) in [5.41, 5.74) is -7.03. The first-order chi connectivity index (χ1) is 13.2. The molecule has 148 valence electrons. The van der Waals surface area contributed by atoms with Gasteiger partial charge in [-0.15, -0.1) is 0 Å². The number of aliphatic hydroxyl groups is 6. The number of hydrogen-bond acceptors (Lipinski definition) is 8. The van der Waals surface area contributed by atoms with Crippen molar-refractivity contribution >= 4 is 11.6 Å². The van der Waals surface area contributed by atoms with Crippen molar-refractivity contribution in [3.63, 3.8) is 0 Å². The Morgan fingerprint density at radius 3 is 1.18 bits per heavy atom. The minimum Gasteiger partial charge on any atom is -0.387 e. The molecule has 6 atom stereocenters. The van der Waals surface area contributed by atoms with Crippen LogP contribution in [0.2, 0.25) is 0 Å². The van der Waals surface area contributed by atoms with Crippen LogP contribution in [-0.2, 0) is 0 Å². The molecule has 2 aromatic carbocycles. The van der Waals surface area contributed by atoms with E-state index in [9.17, 15) is 40.2 Å². The summed E-state index contributed by atoms with van der Waals surface area (Å²) in [7, 11) is 0. The summed E-state index contributed by atoms with van der Waals surface area (Å²) in [6, 6.07) is 14.0. The van der Waals surface area contributed by atoms with Crippen LogP contribution in [0.1, 0.15) is 20.7 Å². The zero-order valence-corrected chi connectivity index (χ0v) is 14.6. The maximum Gasteiger partial charge on any atom is 0.200 e. The highest BCUT2D eigenvalue weighted by Crippen LogP contribution is 2.42. The summed E-state index contributed by atoms with van der Waals surface area (Å²) < 4.78 is 0. The molecule has 0 radical (unpaired) electrons. The molecule has 28 heavy (non-hydrogen) atoms. The standard InChI is InChI=1S/C20H20O8/c21-13-14(22)18(26)20(28,16(24)12-9-5-2-6-10-12)19(27,17(13)25)15(23)11-7-3-1-4-8-11/h1-10,13-14,17-18,21-22,25-28H/t13-,14-,17-,18+,19+,20-/m1/s1. The molecular weight excluding hydrogens is 368 g/mol. The summed E-state index contributed by atoms with van der Waals surface area (Å²) >= 11 is 0. The Morgan fingerprint density at radius 2 is 0.893 bits per heavy atom. The molecule has 1 saturated carbocycles. The second-order valence-corrected chi connectivity index (χ2v) is 6.79. The summed E-state index contributed by atoms with van der Waals surface area (Å²) in [5.74, 6) is -2.59. The lowest BCUT2D eigenvalue weighted by Crippen LogP contribution is -2.82. The lowest BCUT2D eigenvalue weighted by atomic mass is 9.60. The molecule has 0 aliphatic heterocycles. The molecule has 0 bridgehead atoms. The SMILES string of the molecule is O=C(c1ccccc1)[C@@]1(O)[C@@H](O)[C@H](O)[C@@H](O)[C@@H](O)[C@@]1(O)C(=O)c1ccccc1. The highest BCUT2D eigenvalue weighted by Gasteiger charge is 2.73. The van der Waals surface area contributed by atoms with Crippen LogP contribution in [0.4, 0.5) is 0 Å². The zero-order valence-electron chi connectivity index (χ0n) is 14.6. The summed E-state index contributed by atoms with van der Waals surface area (Å²) in [6.45, 7) is 0. The van der Waals surface area contributed by atoms with Gasteiger partial charge in [-0.05, 0) is 0 Å². The monoisotopic (exact) mass is 388 g/mol. The highest BCUT2D eigenvalue weighted by atomic mass is 16.4. The third-order valence-electron chi connectivity index (χ3n) is 5.20. The second-order valence-electron chi connectivity index (χ2n) is 6.79. The number of carbonyl (C=O) groups excluding carboxylic acids is 2. The molecule has 6 N–H and O–H groups in total. The van der Waals surface area contributed by atoms with Gasteiger partial charge in [-0.1, -0.05) is 60.7 Å². The quantitative estimate of drug-likeness (QED) is 0.352. The molecule has 8 heteroatoms. The first-order valence-electron chi connectivity index (χ1n) is 8.54. The number of carbonyl (C=O) groups is 2. The van der Waals surface area contributed by atoms with Gasteiger partial charge in [0.25, 0.3) is 0 Å². The lowest BCUT2D eigenvalue weighted by molar-refractivity contribution is -0.274. The van der Waals surface area contributed by atoms with Gasteiger partial charge in [-0.25, -0.2) is 0 Å². The first-order valence-corrected chi connectivity index (χ1v) is 8.54. The van der Waals surface area contributed by atoms with E-state index in [2.05, 4.69) is 0 Å². The van der Waals surface area contributed by atoms with Crippen molar-refractivity contribution in [1.29, 1.82) is 0 Å². The third-order valence-corrected chi connectivity index (χ3v) is 5.20. The normalized spacial score (nSPS) is 35.4. The second kappa shape index (κ2) is 7.17. The average Bonchev–Trinajstić information content (AvgIpc) is 2.75. The lowest BCUT2D eigenvalue weighted by Gasteiger charge is -2.53.